The fourth-order valence-electron chi connectivity index (χ4n) is 4.24. The van der Waals surface area contributed by atoms with Gasteiger partial charge in [0.1, 0.15) is 22.7 Å². The summed E-state index contributed by atoms with van der Waals surface area (Å²) < 4.78 is 96.2. The Bertz CT molecular complexity index is 1530. The number of nitrogens with one attached hydrogen (secondary N) is 1. The van der Waals surface area contributed by atoms with E-state index in [1.165, 1.54) is 17.4 Å². The molecular weight excluding hydrogens is 555 g/mol. The highest BCUT2D eigenvalue weighted by Gasteiger charge is 2.67. The molecule has 0 bridgehead atoms. The molecule has 40 heavy (non-hydrogen) atoms. The number of aliphatic hydroxyl groups is 2. The fraction of sp³-hybridized carbons (Fsp3) is 0.417. The highest BCUT2D eigenvalue weighted by atomic mass is 19.4. The van der Waals surface area contributed by atoms with Crippen molar-refractivity contribution in [1.29, 1.82) is 0 Å². The monoisotopic (exact) mass is 577 g/mol. The average molecular weight is 577 g/mol. The molecule has 3 aromatic rings. The first kappa shape index (κ1) is 29.2. The molecule has 0 atom stereocenters. The SMILES string of the molecule is CC(C)(NC(=O)c1cn(-c2ncc(F)cc2F)c2nc(N3CC(CO)(CO)C3)ccc2c1=O)C(F)(F)C(F)(F)F. The van der Waals surface area contributed by atoms with E-state index in [2.05, 4.69) is 9.97 Å². The molecule has 1 amide bonds. The van der Waals surface area contributed by atoms with Crippen LogP contribution in [-0.2, 0) is 0 Å². The van der Waals surface area contributed by atoms with Crippen LogP contribution < -0.4 is 15.6 Å². The highest BCUT2D eigenvalue weighted by molar-refractivity contribution is 5.97. The number of hydrogen-bond donors (Lipinski definition) is 3. The zero-order valence-corrected chi connectivity index (χ0v) is 20.9. The summed E-state index contributed by atoms with van der Waals surface area (Å²) in [5.41, 5.74) is -6.39. The third kappa shape index (κ3) is 4.74. The number of rotatable bonds is 7. The summed E-state index contributed by atoms with van der Waals surface area (Å²) >= 11 is 0. The Balaban J connectivity index is 1.86. The second-order valence-corrected chi connectivity index (χ2v) is 10.1. The number of alkyl halides is 5. The third-order valence-electron chi connectivity index (χ3n) is 6.71. The standard InChI is InChI=1S/C24H22F7N5O4/c1-21(2,23(27,28)24(29,30)31)34-20(40)14-7-36(19-15(26)5-12(25)6-32-19)18-13(17(14)39)3-4-16(33-18)35-8-22(9-35,10-37)11-38/h3-7,37-38H,8-11H2,1-2H3,(H,34,40). The van der Waals surface area contributed by atoms with Crippen molar-refractivity contribution in [3.63, 3.8) is 0 Å². The maximum absolute atomic E-state index is 14.8. The molecule has 9 nitrogen and oxygen atoms in total. The minimum Gasteiger partial charge on any atom is -0.396 e. The lowest BCUT2D eigenvalue weighted by atomic mass is 9.81. The maximum Gasteiger partial charge on any atom is 0.455 e. The summed E-state index contributed by atoms with van der Waals surface area (Å²) in [6.07, 6.45) is -4.76. The Labute approximate surface area is 220 Å². The average Bonchev–Trinajstić information content (AvgIpc) is 2.83. The number of halogens is 7. The van der Waals surface area contributed by atoms with E-state index in [4.69, 9.17) is 0 Å². The molecule has 1 fully saturated rings. The Kier molecular flexibility index (Phi) is 7.07. The van der Waals surface area contributed by atoms with Crippen LogP contribution in [0.3, 0.4) is 0 Å². The molecule has 4 rings (SSSR count). The first-order chi connectivity index (χ1) is 18.5. The van der Waals surface area contributed by atoms with Gasteiger partial charge in [0.15, 0.2) is 17.3 Å². The van der Waals surface area contributed by atoms with Gasteiger partial charge in [0.25, 0.3) is 5.91 Å². The van der Waals surface area contributed by atoms with Gasteiger partial charge >= 0.3 is 12.1 Å². The predicted molar refractivity (Wildman–Crippen MR) is 126 cm³/mol. The number of hydrogen-bond acceptors (Lipinski definition) is 7. The van der Waals surface area contributed by atoms with Crippen LogP contribution >= 0.6 is 0 Å². The first-order valence-electron chi connectivity index (χ1n) is 11.6. The van der Waals surface area contributed by atoms with Gasteiger partial charge in [0.2, 0.25) is 5.43 Å². The molecule has 0 saturated carbocycles. The van der Waals surface area contributed by atoms with Crippen LogP contribution in [0.4, 0.5) is 36.6 Å². The molecule has 0 radical (unpaired) electrons. The van der Waals surface area contributed by atoms with E-state index < -0.39 is 57.4 Å². The van der Waals surface area contributed by atoms with Crippen molar-refractivity contribution < 1.29 is 45.7 Å². The number of nitrogens with zero attached hydrogens (tertiary/aromatic N) is 4. The van der Waals surface area contributed by atoms with Gasteiger partial charge in [-0.25, -0.2) is 18.7 Å². The number of aliphatic hydroxyl groups excluding tert-OH is 2. The fourth-order valence-corrected chi connectivity index (χ4v) is 4.24. The van der Waals surface area contributed by atoms with E-state index in [1.807, 2.05) is 0 Å². The minimum absolute atomic E-state index is 0.162. The van der Waals surface area contributed by atoms with E-state index in [-0.39, 0.29) is 43.2 Å². The van der Waals surface area contributed by atoms with Gasteiger partial charge in [-0.1, -0.05) is 0 Å². The molecular formula is C24H22F7N5O4. The van der Waals surface area contributed by atoms with Gasteiger partial charge in [0, 0.05) is 25.4 Å². The van der Waals surface area contributed by atoms with E-state index in [9.17, 15) is 50.5 Å². The van der Waals surface area contributed by atoms with E-state index in [1.54, 1.807) is 4.90 Å². The Morgan fingerprint density at radius 3 is 2.27 bits per heavy atom. The second-order valence-electron chi connectivity index (χ2n) is 10.1. The molecule has 0 unspecified atom stereocenters. The summed E-state index contributed by atoms with van der Waals surface area (Å²) in [4.78, 5) is 35.7. The maximum atomic E-state index is 14.8. The van der Waals surface area contributed by atoms with E-state index >= 15 is 0 Å². The molecule has 1 saturated heterocycles. The smallest absolute Gasteiger partial charge is 0.396 e. The summed E-state index contributed by atoms with van der Waals surface area (Å²) in [7, 11) is 0. The topological polar surface area (TPSA) is 121 Å². The number of aromatic nitrogens is 3. The summed E-state index contributed by atoms with van der Waals surface area (Å²) in [6.45, 7) is 0.498. The van der Waals surface area contributed by atoms with Gasteiger partial charge < -0.3 is 20.4 Å². The van der Waals surface area contributed by atoms with Crippen molar-refractivity contribution in [2.24, 2.45) is 5.41 Å². The number of fused-ring (bicyclic) bond motifs is 1. The molecule has 16 heteroatoms. The molecule has 4 heterocycles. The number of carbonyl (C=O) groups excluding carboxylic acids is 1. The van der Waals surface area contributed by atoms with Crippen LogP contribution in [0.15, 0.2) is 35.4 Å². The quantitative estimate of drug-likeness (QED) is 0.370. The van der Waals surface area contributed by atoms with Crippen molar-refractivity contribution in [2.45, 2.75) is 31.5 Å². The molecule has 0 aliphatic carbocycles. The second kappa shape index (κ2) is 9.69. The molecule has 3 N–H and O–H groups in total. The zero-order chi connectivity index (χ0) is 29.8. The zero-order valence-electron chi connectivity index (χ0n) is 20.9. The van der Waals surface area contributed by atoms with Crippen molar-refractivity contribution >= 4 is 22.8 Å². The number of pyridine rings is 3. The Hall–Kier alpha value is -3.79. The number of anilines is 1. The third-order valence-corrected chi connectivity index (χ3v) is 6.71. The minimum atomic E-state index is -6.03. The van der Waals surface area contributed by atoms with Crippen molar-refractivity contribution in [2.75, 3.05) is 31.2 Å². The highest BCUT2D eigenvalue weighted by Crippen LogP contribution is 2.43. The van der Waals surface area contributed by atoms with Crippen LogP contribution in [0.1, 0.15) is 24.2 Å². The van der Waals surface area contributed by atoms with Gasteiger partial charge in [-0.2, -0.15) is 22.0 Å². The van der Waals surface area contributed by atoms with Gasteiger partial charge in [-0.3, -0.25) is 14.2 Å². The molecule has 0 aromatic carbocycles. The molecule has 1 aliphatic rings. The van der Waals surface area contributed by atoms with Crippen LogP contribution in [0.2, 0.25) is 0 Å². The lowest BCUT2D eigenvalue weighted by Gasteiger charge is -2.48. The van der Waals surface area contributed by atoms with Crippen LogP contribution in [0, 0.1) is 17.0 Å². The number of amides is 1. The van der Waals surface area contributed by atoms with Crippen LogP contribution in [0.5, 0.6) is 0 Å². The molecule has 1 aliphatic heterocycles. The molecule has 3 aromatic heterocycles. The van der Waals surface area contributed by atoms with E-state index in [0.717, 1.165) is 4.57 Å². The Morgan fingerprint density at radius 2 is 1.73 bits per heavy atom. The van der Waals surface area contributed by atoms with Gasteiger partial charge in [0.05, 0.1) is 30.2 Å². The Morgan fingerprint density at radius 1 is 1.10 bits per heavy atom. The van der Waals surface area contributed by atoms with Crippen LogP contribution in [0.25, 0.3) is 16.9 Å². The van der Waals surface area contributed by atoms with Gasteiger partial charge in [-0.05, 0) is 26.0 Å². The van der Waals surface area contributed by atoms with E-state index in [0.29, 0.717) is 32.3 Å². The first-order valence-corrected chi connectivity index (χ1v) is 11.6. The van der Waals surface area contributed by atoms with Gasteiger partial charge in [-0.15, -0.1) is 0 Å². The molecule has 216 valence electrons. The van der Waals surface area contributed by atoms with Crippen molar-refractivity contribution in [1.82, 2.24) is 19.9 Å². The summed E-state index contributed by atoms with van der Waals surface area (Å²) in [6, 6.07) is 2.93. The van der Waals surface area contributed by atoms with Crippen molar-refractivity contribution in [3.05, 3.63) is 58.0 Å². The number of carbonyl (C=O) groups is 1. The van der Waals surface area contributed by atoms with Crippen LogP contribution in [-0.4, -0.2) is 74.6 Å². The normalized spacial score (nSPS) is 15.7. The predicted octanol–water partition coefficient (Wildman–Crippen LogP) is 2.56. The summed E-state index contributed by atoms with van der Waals surface area (Å²) in [5.74, 6) is -9.82. The molecule has 0 spiro atoms. The lowest BCUT2D eigenvalue weighted by Crippen LogP contribution is -2.62. The largest absolute Gasteiger partial charge is 0.455 e. The van der Waals surface area contributed by atoms with Crippen molar-refractivity contribution in [3.8, 4) is 5.82 Å². The summed E-state index contributed by atoms with van der Waals surface area (Å²) in [5, 5.41) is 20.2. The lowest BCUT2D eigenvalue weighted by molar-refractivity contribution is -0.305.